The minimum atomic E-state index is -0.264. The van der Waals surface area contributed by atoms with Crippen LogP contribution >= 0.6 is 23.1 Å². The Morgan fingerprint density at radius 3 is 2.68 bits per heavy atom. The Hall–Kier alpha value is -1.92. The number of hydrogen-bond donors (Lipinski definition) is 1. The molecule has 4 nitrogen and oxygen atoms in total. The normalized spacial score (nSPS) is 12.5. The van der Waals surface area contributed by atoms with Crippen molar-refractivity contribution in [3.8, 4) is 0 Å². The Balaban J connectivity index is 1.81. The van der Waals surface area contributed by atoms with E-state index in [1.807, 2.05) is 49.6 Å². The van der Waals surface area contributed by atoms with Crippen LogP contribution in [-0.2, 0) is 0 Å². The summed E-state index contributed by atoms with van der Waals surface area (Å²) >= 11 is 2.86. The predicted molar refractivity (Wildman–Crippen MR) is 92.7 cm³/mol. The molecule has 1 aromatic carbocycles. The third-order valence-electron chi connectivity index (χ3n) is 3.32. The van der Waals surface area contributed by atoms with Gasteiger partial charge >= 0.3 is 0 Å². The number of carbonyl (C=O) groups excluding carboxylic acids is 1. The molecular weight excluding hydrogens is 314 g/mol. The van der Waals surface area contributed by atoms with Crippen LogP contribution in [0.1, 0.15) is 22.8 Å². The summed E-state index contributed by atoms with van der Waals surface area (Å²) in [5.41, 5.74) is 7.78. The molecule has 0 amide bonds. The first-order valence-electron chi connectivity index (χ1n) is 6.83. The Morgan fingerprint density at radius 2 is 1.95 bits per heavy atom. The van der Waals surface area contributed by atoms with Crippen LogP contribution in [0.5, 0.6) is 0 Å². The van der Waals surface area contributed by atoms with Gasteiger partial charge in [0.15, 0.2) is 10.9 Å². The number of rotatable bonds is 4. The number of aromatic nitrogens is 2. The van der Waals surface area contributed by atoms with Crippen LogP contribution in [0, 0.1) is 6.92 Å². The van der Waals surface area contributed by atoms with Crippen LogP contribution in [0.25, 0.3) is 10.2 Å². The highest BCUT2D eigenvalue weighted by Gasteiger charge is 2.18. The van der Waals surface area contributed by atoms with Crippen LogP contribution in [0.15, 0.2) is 40.9 Å². The molecule has 0 saturated carbocycles. The van der Waals surface area contributed by atoms with Crippen molar-refractivity contribution in [2.75, 3.05) is 5.73 Å². The van der Waals surface area contributed by atoms with Gasteiger partial charge in [-0.2, -0.15) is 0 Å². The van der Waals surface area contributed by atoms with Gasteiger partial charge in [-0.3, -0.25) is 4.79 Å². The molecule has 0 aliphatic heterocycles. The highest BCUT2D eigenvalue weighted by atomic mass is 32.2. The maximum absolute atomic E-state index is 12.5. The highest BCUT2D eigenvalue weighted by molar-refractivity contribution is 8.00. The third-order valence-corrected chi connectivity index (χ3v) is 5.09. The predicted octanol–water partition coefficient (Wildman–Crippen LogP) is 3.95. The van der Waals surface area contributed by atoms with Crippen molar-refractivity contribution in [3.05, 3.63) is 46.8 Å². The average molecular weight is 329 g/mol. The second-order valence-corrected chi connectivity index (χ2v) is 7.22. The van der Waals surface area contributed by atoms with Crippen molar-refractivity contribution < 1.29 is 4.79 Å². The summed E-state index contributed by atoms with van der Waals surface area (Å²) in [5.74, 6) is 0.530. The van der Waals surface area contributed by atoms with E-state index in [2.05, 4.69) is 9.97 Å². The van der Waals surface area contributed by atoms with E-state index in [4.69, 9.17) is 5.73 Å². The standard InChI is InChI=1S/C16H15N3OS2/c1-9-3-5-11(6-4-9)13(20)10(2)22-16-18-14(17)12-7-8-21-15(12)19-16/h3-8,10H,1-2H3,(H2,17,18,19)/t10-/m1/s1. The van der Waals surface area contributed by atoms with Crippen LogP contribution in [0.4, 0.5) is 5.82 Å². The summed E-state index contributed by atoms with van der Waals surface area (Å²) in [6.07, 6.45) is 0. The molecule has 0 aliphatic carbocycles. The first kappa shape index (κ1) is 15.0. The van der Waals surface area contributed by atoms with Crippen molar-refractivity contribution in [2.45, 2.75) is 24.3 Å². The first-order valence-corrected chi connectivity index (χ1v) is 8.59. The molecule has 0 radical (unpaired) electrons. The van der Waals surface area contributed by atoms with Gasteiger partial charge < -0.3 is 5.73 Å². The molecule has 2 N–H and O–H groups in total. The van der Waals surface area contributed by atoms with Gasteiger partial charge in [-0.05, 0) is 25.3 Å². The molecule has 1 atom stereocenters. The fraction of sp³-hybridized carbons (Fsp3) is 0.188. The van der Waals surface area contributed by atoms with Crippen molar-refractivity contribution in [2.24, 2.45) is 0 Å². The maximum Gasteiger partial charge on any atom is 0.191 e. The van der Waals surface area contributed by atoms with Crippen molar-refractivity contribution >= 4 is 44.9 Å². The lowest BCUT2D eigenvalue weighted by Gasteiger charge is -2.10. The van der Waals surface area contributed by atoms with E-state index in [1.165, 1.54) is 23.1 Å². The lowest BCUT2D eigenvalue weighted by molar-refractivity contribution is 0.0994. The van der Waals surface area contributed by atoms with Crippen LogP contribution in [-0.4, -0.2) is 21.0 Å². The number of aryl methyl sites for hydroxylation is 1. The van der Waals surface area contributed by atoms with Crippen molar-refractivity contribution in [3.63, 3.8) is 0 Å². The number of thiophene rings is 1. The lowest BCUT2D eigenvalue weighted by Crippen LogP contribution is -2.14. The second kappa shape index (κ2) is 6.06. The molecule has 112 valence electrons. The Labute approximate surface area is 136 Å². The number of thioether (sulfide) groups is 1. The number of Topliss-reactive ketones (excluding diaryl/α,β-unsaturated/α-hetero) is 1. The van der Waals surface area contributed by atoms with E-state index in [0.29, 0.717) is 16.5 Å². The number of nitrogens with two attached hydrogens (primary N) is 1. The number of anilines is 1. The number of fused-ring (bicyclic) bond motifs is 1. The van der Waals surface area contributed by atoms with Gasteiger partial charge in [0, 0.05) is 5.56 Å². The molecule has 3 aromatic rings. The smallest absolute Gasteiger partial charge is 0.191 e. The van der Waals surface area contributed by atoms with Gasteiger partial charge in [-0.25, -0.2) is 9.97 Å². The van der Waals surface area contributed by atoms with Gasteiger partial charge in [0.1, 0.15) is 10.6 Å². The number of benzene rings is 1. The molecule has 0 bridgehead atoms. The van der Waals surface area contributed by atoms with E-state index in [-0.39, 0.29) is 11.0 Å². The van der Waals surface area contributed by atoms with Crippen molar-refractivity contribution in [1.29, 1.82) is 0 Å². The fourth-order valence-electron chi connectivity index (χ4n) is 2.07. The summed E-state index contributed by atoms with van der Waals surface area (Å²) in [5, 5.41) is 3.08. The Bertz CT molecular complexity index is 827. The monoisotopic (exact) mass is 329 g/mol. The van der Waals surface area contributed by atoms with Gasteiger partial charge in [0.2, 0.25) is 0 Å². The molecule has 0 aliphatic rings. The molecule has 0 saturated heterocycles. The van der Waals surface area contributed by atoms with Gasteiger partial charge in [-0.15, -0.1) is 11.3 Å². The molecule has 2 aromatic heterocycles. The number of ketones is 1. The molecule has 0 unspecified atom stereocenters. The first-order chi connectivity index (χ1) is 10.5. The van der Waals surface area contributed by atoms with Gasteiger partial charge in [0.05, 0.1) is 10.6 Å². The van der Waals surface area contributed by atoms with Crippen LogP contribution in [0.3, 0.4) is 0 Å². The second-order valence-electron chi connectivity index (χ2n) is 5.02. The van der Waals surface area contributed by atoms with E-state index in [0.717, 1.165) is 15.8 Å². The molecule has 6 heteroatoms. The summed E-state index contributed by atoms with van der Waals surface area (Å²) in [4.78, 5) is 22.1. The summed E-state index contributed by atoms with van der Waals surface area (Å²) in [6, 6.07) is 9.50. The Kier molecular flexibility index (Phi) is 4.13. The summed E-state index contributed by atoms with van der Waals surface area (Å²) in [6.45, 7) is 3.87. The minimum absolute atomic E-state index is 0.0680. The number of nitrogens with zero attached hydrogens (tertiary/aromatic N) is 2. The zero-order chi connectivity index (χ0) is 15.7. The Morgan fingerprint density at radius 1 is 1.23 bits per heavy atom. The van der Waals surface area contributed by atoms with E-state index in [1.54, 1.807) is 0 Å². The molecule has 0 spiro atoms. The molecule has 0 fully saturated rings. The van der Waals surface area contributed by atoms with Gasteiger partial charge in [-0.1, -0.05) is 41.6 Å². The van der Waals surface area contributed by atoms with E-state index < -0.39 is 0 Å². The lowest BCUT2D eigenvalue weighted by atomic mass is 10.1. The maximum atomic E-state index is 12.5. The highest BCUT2D eigenvalue weighted by Crippen LogP contribution is 2.29. The van der Waals surface area contributed by atoms with Gasteiger partial charge in [0.25, 0.3) is 0 Å². The topological polar surface area (TPSA) is 68.9 Å². The van der Waals surface area contributed by atoms with Crippen LogP contribution < -0.4 is 5.73 Å². The fourth-order valence-corrected chi connectivity index (χ4v) is 3.76. The SMILES string of the molecule is Cc1ccc(C(=O)[C@@H](C)Sc2nc(N)c3ccsc3n2)cc1. The molecule has 3 rings (SSSR count). The average Bonchev–Trinajstić information content (AvgIpc) is 2.96. The third kappa shape index (κ3) is 2.98. The molecule has 22 heavy (non-hydrogen) atoms. The molecule has 2 heterocycles. The summed E-state index contributed by atoms with van der Waals surface area (Å²) in [7, 11) is 0. The van der Waals surface area contributed by atoms with E-state index >= 15 is 0 Å². The number of nitrogen functional groups attached to an aromatic ring is 1. The number of hydrogen-bond acceptors (Lipinski definition) is 6. The largest absolute Gasteiger partial charge is 0.383 e. The minimum Gasteiger partial charge on any atom is -0.383 e. The molecular formula is C16H15N3OS2. The van der Waals surface area contributed by atoms with Crippen LogP contribution in [0.2, 0.25) is 0 Å². The zero-order valence-corrected chi connectivity index (χ0v) is 13.9. The van der Waals surface area contributed by atoms with Crippen molar-refractivity contribution in [1.82, 2.24) is 9.97 Å². The van der Waals surface area contributed by atoms with E-state index in [9.17, 15) is 4.79 Å². The summed E-state index contributed by atoms with van der Waals surface area (Å²) < 4.78 is 0. The number of carbonyl (C=O) groups is 1. The quantitative estimate of drug-likeness (QED) is 0.446. The zero-order valence-electron chi connectivity index (χ0n) is 12.2.